The van der Waals surface area contributed by atoms with E-state index in [1.165, 1.54) is 0 Å². The van der Waals surface area contributed by atoms with Gasteiger partial charge in [-0.1, -0.05) is 0 Å². The molecule has 138 valence electrons. The number of amides is 1. The number of carbonyl (C=O) groups excluding carboxylic acids is 1. The van der Waals surface area contributed by atoms with Gasteiger partial charge < -0.3 is 20.1 Å². The molecule has 0 saturated carbocycles. The van der Waals surface area contributed by atoms with Crippen molar-refractivity contribution >= 4 is 11.7 Å². The first-order valence-corrected chi connectivity index (χ1v) is 9.06. The Morgan fingerprint density at radius 2 is 2.12 bits per heavy atom. The van der Waals surface area contributed by atoms with Crippen LogP contribution in [0.25, 0.3) is 0 Å². The number of anilines is 1. The van der Waals surface area contributed by atoms with E-state index in [1.54, 1.807) is 7.11 Å². The molecule has 0 aliphatic carbocycles. The number of aryl methyl sites for hydroxylation is 1. The summed E-state index contributed by atoms with van der Waals surface area (Å²) in [7, 11) is 1.65. The van der Waals surface area contributed by atoms with Crippen LogP contribution in [0.15, 0.2) is 6.07 Å². The second kappa shape index (κ2) is 8.10. The molecule has 2 aliphatic heterocycles. The van der Waals surface area contributed by atoms with Crippen molar-refractivity contribution in [2.45, 2.75) is 45.3 Å². The second-order valence-electron chi connectivity index (χ2n) is 7.09. The fraction of sp³-hybridized carbons (Fsp3) is 0.722. The first kappa shape index (κ1) is 18.1. The van der Waals surface area contributed by atoms with Crippen molar-refractivity contribution < 1.29 is 14.3 Å². The molecule has 0 aromatic carbocycles. The fourth-order valence-electron chi connectivity index (χ4n) is 3.90. The molecule has 7 nitrogen and oxygen atoms in total. The van der Waals surface area contributed by atoms with E-state index in [9.17, 15) is 4.79 Å². The first-order chi connectivity index (χ1) is 12.1. The van der Waals surface area contributed by atoms with E-state index in [0.717, 1.165) is 56.1 Å². The van der Waals surface area contributed by atoms with Gasteiger partial charge in [-0.2, -0.15) is 0 Å². The second-order valence-corrected chi connectivity index (χ2v) is 7.09. The Balaban J connectivity index is 1.56. The van der Waals surface area contributed by atoms with E-state index < -0.39 is 0 Å². The Morgan fingerprint density at radius 1 is 1.36 bits per heavy atom. The van der Waals surface area contributed by atoms with Gasteiger partial charge >= 0.3 is 0 Å². The molecule has 2 N–H and O–H groups in total. The van der Waals surface area contributed by atoms with E-state index in [0.29, 0.717) is 19.1 Å². The van der Waals surface area contributed by atoms with Crippen molar-refractivity contribution in [3.63, 3.8) is 0 Å². The molecule has 2 fully saturated rings. The minimum Gasteiger partial charge on any atom is -0.377 e. The highest BCUT2D eigenvalue weighted by molar-refractivity contribution is 5.77. The Morgan fingerprint density at radius 3 is 2.80 bits per heavy atom. The predicted octanol–water partition coefficient (Wildman–Crippen LogP) is 1.43. The van der Waals surface area contributed by atoms with Crippen molar-refractivity contribution in [2.75, 3.05) is 31.7 Å². The summed E-state index contributed by atoms with van der Waals surface area (Å²) in [5, 5.41) is 0. The average Bonchev–Trinajstić information content (AvgIpc) is 3.04. The third-order valence-electron chi connectivity index (χ3n) is 5.24. The number of primary amides is 1. The molecule has 3 heterocycles. The molecule has 7 heteroatoms. The quantitative estimate of drug-likeness (QED) is 0.836. The standard InChI is InChI=1S/C18H28N4O3/c1-12-9-17(21-16(20-12)11-24-2)22-6-3-13(4-7-22)10-15-14(18(19)23)5-8-25-15/h9,13-15H,3-8,10-11H2,1-2H3,(H2,19,23)/t14-,15-/m1/s1. The van der Waals surface area contributed by atoms with Gasteiger partial charge in [0.2, 0.25) is 5.91 Å². The summed E-state index contributed by atoms with van der Waals surface area (Å²) in [5.74, 6) is 1.94. The Kier molecular flexibility index (Phi) is 5.86. The average molecular weight is 348 g/mol. The van der Waals surface area contributed by atoms with Crippen LogP contribution in [0.3, 0.4) is 0 Å². The largest absolute Gasteiger partial charge is 0.377 e. The summed E-state index contributed by atoms with van der Waals surface area (Å²) in [4.78, 5) is 22.8. The van der Waals surface area contributed by atoms with E-state index in [4.69, 9.17) is 15.2 Å². The van der Waals surface area contributed by atoms with Crippen LogP contribution in [0.1, 0.15) is 37.2 Å². The zero-order chi connectivity index (χ0) is 17.8. The summed E-state index contributed by atoms with van der Waals surface area (Å²) in [6.45, 7) is 4.99. The summed E-state index contributed by atoms with van der Waals surface area (Å²) in [5.41, 5.74) is 6.45. The Hall–Kier alpha value is -1.73. The lowest BCUT2D eigenvalue weighted by Crippen LogP contribution is -2.37. The monoisotopic (exact) mass is 348 g/mol. The smallest absolute Gasteiger partial charge is 0.223 e. The normalized spacial score (nSPS) is 24.6. The summed E-state index contributed by atoms with van der Waals surface area (Å²) < 4.78 is 10.9. The highest BCUT2D eigenvalue weighted by Crippen LogP contribution is 2.31. The number of piperidine rings is 1. The summed E-state index contributed by atoms with van der Waals surface area (Å²) >= 11 is 0. The fourth-order valence-corrected chi connectivity index (χ4v) is 3.90. The lowest BCUT2D eigenvalue weighted by atomic mass is 9.86. The molecular formula is C18H28N4O3. The van der Waals surface area contributed by atoms with Gasteiger partial charge in [0.15, 0.2) is 5.82 Å². The van der Waals surface area contributed by atoms with Crippen LogP contribution in [-0.2, 0) is 20.9 Å². The van der Waals surface area contributed by atoms with Crippen LogP contribution in [0, 0.1) is 18.8 Å². The number of aromatic nitrogens is 2. The zero-order valence-corrected chi connectivity index (χ0v) is 15.1. The van der Waals surface area contributed by atoms with E-state index in [1.807, 2.05) is 13.0 Å². The van der Waals surface area contributed by atoms with Gasteiger partial charge in [-0.05, 0) is 38.5 Å². The number of carbonyl (C=O) groups is 1. The maximum atomic E-state index is 11.5. The number of nitrogens with zero attached hydrogens (tertiary/aromatic N) is 3. The number of ether oxygens (including phenoxy) is 2. The van der Waals surface area contributed by atoms with Crippen molar-refractivity contribution in [1.82, 2.24) is 9.97 Å². The molecule has 0 spiro atoms. The van der Waals surface area contributed by atoms with Gasteiger partial charge in [-0.25, -0.2) is 9.97 Å². The molecule has 2 saturated heterocycles. The lowest BCUT2D eigenvalue weighted by molar-refractivity contribution is -0.123. The number of nitrogens with two attached hydrogens (primary N) is 1. The van der Waals surface area contributed by atoms with E-state index in [-0.39, 0.29) is 17.9 Å². The van der Waals surface area contributed by atoms with Gasteiger partial charge in [-0.15, -0.1) is 0 Å². The van der Waals surface area contributed by atoms with Crippen LogP contribution in [0.5, 0.6) is 0 Å². The Labute approximate surface area is 148 Å². The maximum Gasteiger partial charge on any atom is 0.223 e. The molecule has 1 aromatic rings. The molecule has 2 atom stereocenters. The Bertz CT molecular complexity index is 602. The van der Waals surface area contributed by atoms with Crippen LogP contribution in [0.2, 0.25) is 0 Å². The third kappa shape index (κ3) is 4.46. The van der Waals surface area contributed by atoms with E-state index >= 15 is 0 Å². The summed E-state index contributed by atoms with van der Waals surface area (Å²) in [6, 6.07) is 2.03. The topological polar surface area (TPSA) is 90.6 Å². The van der Waals surface area contributed by atoms with Gasteiger partial charge in [0, 0.05) is 38.6 Å². The molecule has 0 bridgehead atoms. The SMILES string of the molecule is COCc1nc(C)cc(N2CCC(C[C@H]3OCC[C@H]3C(N)=O)CC2)n1. The van der Waals surface area contributed by atoms with Crippen molar-refractivity contribution in [2.24, 2.45) is 17.6 Å². The minimum atomic E-state index is -0.220. The van der Waals surface area contributed by atoms with Crippen LogP contribution in [0.4, 0.5) is 5.82 Å². The maximum absolute atomic E-state index is 11.5. The molecule has 1 aromatic heterocycles. The van der Waals surface area contributed by atoms with Crippen molar-refractivity contribution in [3.05, 3.63) is 17.6 Å². The van der Waals surface area contributed by atoms with Crippen LogP contribution in [-0.4, -0.2) is 48.8 Å². The third-order valence-corrected chi connectivity index (χ3v) is 5.24. The van der Waals surface area contributed by atoms with Crippen molar-refractivity contribution in [3.8, 4) is 0 Å². The van der Waals surface area contributed by atoms with Crippen molar-refractivity contribution in [1.29, 1.82) is 0 Å². The molecule has 0 unspecified atom stereocenters. The predicted molar refractivity (Wildman–Crippen MR) is 94.1 cm³/mol. The number of methoxy groups -OCH3 is 1. The zero-order valence-electron chi connectivity index (χ0n) is 15.1. The van der Waals surface area contributed by atoms with Crippen LogP contribution < -0.4 is 10.6 Å². The van der Waals surface area contributed by atoms with Gasteiger partial charge in [0.05, 0.1) is 12.0 Å². The van der Waals surface area contributed by atoms with Gasteiger partial charge in [-0.3, -0.25) is 4.79 Å². The number of hydrogen-bond donors (Lipinski definition) is 1. The van der Waals surface area contributed by atoms with Gasteiger partial charge in [0.25, 0.3) is 0 Å². The highest BCUT2D eigenvalue weighted by atomic mass is 16.5. The number of hydrogen-bond acceptors (Lipinski definition) is 6. The molecular weight excluding hydrogens is 320 g/mol. The highest BCUT2D eigenvalue weighted by Gasteiger charge is 2.35. The van der Waals surface area contributed by atoms with Crippen LogP contribution >= 0.6 is 0 Å². The minimum absolute atomic E-state index is 0.00338. The molecule has 1 amide bonds. The lowest BCUT2D eigenvalue weighted by Gasteiger charge is -2.34. The molecule has 2 aliphatic rings. The molecule has 0 radical (unpaired) electrons. The van der Waals surface area contributed by atoms with E-state index in [2.05, 4.69) is 14.9 Å². The van der Waals surface area contributed by atoms with Gasteiger partial charge in [0.1, 0.15) is 12.4 Å². The molecule has 25 heavy (non-hydrogen) atoms. The summed E-state index contributed by atoms with van der Waals surface area (Å²) in [6.07, 6.45) is 3.85. The number of rotatable bonds is 6. The molecule has 3 rings (SSSR count). The first-order valence-electron chi connectivity index (χ1n) is 9.06.